The van der Waals surface area contributed by atoms with Gasteiger partial charge >= 0.3 is 5.97 Å². The minimum Gasteiger partial charge on any atom is -0.486 e. The number of aliphatic carboxylic acids is 1. The van der Waals surface area contributed by atoms with Gasteiger partial charge in [-0.1, -0.05) is 0 Å². The number of anilines is 1. The minimum atomic E-state index is -0.680. The molecule has 3 rings (SSSR count). The van der Waals surface area contributed by atoms with E-state index in [2.05, 4.69) is 4.90 Å². The van der Waals surface area contributed by atoms with Crippen LogP contribution in [0.2, 0.25) is 0 Å². The van der Waals surface area contributed by atoms with E-state index >= 15 is 0 Å². The number of carbonyl (C=O) groups is 1. The van der Waals surface area contributed by atoms with Crippen LogP contribution in [0.25, 0.3) is 0 Å². The second-order valence-electron chi connectivity index (χ2n) is 5.15. The average Bonchev–Trinajstić information content (AvgIpc) is 3.17. The van der Waals surface area contributed by atoms with Gasteiger partial charge in [-0.2, -0.15) is 0 Å². The van der Waals surface area contributed by atoms with Crippen molar-refractivity contribution >= 4 is 11.7 Å². The van der Waals surface area contributed by atoms with Crippen LogP contribution in [0, 0.1) is 11.8 Å². The molecule has 1 heterocycles. The smallest absolute Gasteiger partial charge is 0.306 e. The topological polar surface area (TPSA) is 59.0 Å². The number of carboxylic acids is 1. The van der Waals surface area contributed by atoms with Crippen molar-refractivity contribution in [1.82, 2.24) is 0 Å². The minimum absolute atomic E-state index is 0.167. The average molecular weight is 263 g/mol. The molecule has 5 heteroatoms. The Morgan fingerprint density at radius 1 is 1.37 bits per heavy atom. The fraction of sp³-hybridized carbons (Fsp3) is 0.500. The first-order valence-corrected chi connectivity index (χ1v) is 6.49. The van der Waals surface area contributed by atoms with E-state index in [1.807, 2.05) is 25.2 Å². The Balaban J connectivity index is 1.67. The Labute approximate surface area is 111 Å². The predicted octanol–water partition coefficient (Wildman–Crippen LogP) is 1.61. The summed E-state index contributed by atoms with van der Waals surface area (Å²) in [6.45, 7) is 1.92. The molecule has 2 atom stereocenters. The molecule has 0 aromatic heterocycles. The van der Waals surface area contributed by atoms with Crippen LogP contribution in [-0.4, -0.2) is 37.9 Å². The lowest BCUT2D eigenvalue weighted by Gasteiger charge is -2.23. The molecule has 1 saturated carbocycles. The van der Waals surface area contributed by atoms with E-state index in [9.17, 15) is 4.79 Å². The summed E-state index contributed by atoms with van der Waals surface area (Å²) in [4.78, 5) is 12.9. The summed E-state index contributed by atoms with van der Waals surface area (Å²) in [5.74, 6) is 0.954. The first-order valence-electron chi connectivity index (χ1n) is 6.49. The lowest BCUT2D eigenvalue weighted by molar-refractivity contribution is -0.138. The van der Waals surface area contributed by atoms with E-state index in [-0.39, 0.29) is 11.8 Å². The van der Waals surface area contributed by atoms with Crippen LogP contribution in [0.4, 0.5) is 5.69 Å². The monoisotopic (exact) mass is 263 g/mol. The van der Waals surface area contributed by atoms with Gasteiger partial charge in [0.1, 0.15) is 13.2 Å². The third-order valence-corrected chi connectivity index (χ3v) is 3.71. The Kier molecular flexibility index (Phi) is 2.97. The lowest BCUT2D eigenvalue weighted by Crippen LogP contribution is -2.22. The lowest BCUT2D eigenvalue weighted by atomic mass is 10.2. The summed E-state index contributed by atoms with van der Waals surface area (Å²) in [5.41, 5.74) is 1.03. The molecule has 1 fully saturated rings. The van der Waals surface area contributed by atoms with E-state index < -0.39 is 5.97 Å². The Bertz CT molecular complexity index is 502. The van der Waals surface area contributed by atoms with Gasteiger partial charge in [0.15, 0.2) is 11.5 Å². The second-order valence-corrected chi connectivity index (χ2v) is 5.15. The first kappa shape index (κ1) is 12.1. The molecule has 1 aliphatic heterocycles. The van der Waals surface area contributed by atoms with Crippen LogP contribution in [0.5, 0.6) is 11.5 Å². The van der Waals surface area contributed by atoms with E-state index in [4.69, 9.17) is 14.6 Å². The van der Waals surface area contributed by atoms with Crippen LogP contribution < -0.4 is 14.4 Å². The quantitative estimate of drug-likeness (QED) is 0.894. The highest BCUT2D eigenvalue weighted by Crippen LogP contribution is 2.40. The van der Waals surface area contributed by atoms with E-state index in [0.717, 1.165) is 30.2 Å². The van der Waals surface area contributed by atoms with Crippen molar-refractivity contribution in [2.75, 3.05) is 31.7 Å². The van der Waals surface area contributed by atoms with Gasteiger partial charge in [-0.05, 0) is 24.5 Å². The maximum absolute atomic E-state index is 10.8. The predicted molar refractivity (Wildman–Crippen MR) is 69.9 cm³/mol. The fourth-order valence-corrected chi connectivity index (χ4v) is 2.48. The molecule has 1 aromatic carbocycles. The largest absolute Gasteiger partial charge is 0.486 e. The summed E-state index contributed by atoms with van der Waals surface area (Å²) in [6.07, 6.45) is 0.782. The number of benzene rings is 1. The van der Waals surface area contributed by atoms with Gasteiger partial charge in [-0.3, -0.25) is 4.79 Å². The van der Waals surface area contributed by atoms with Gasteiger partial charge in [0.05, 0.1) is 5.92 Å². The molecular weight excluding hydrogens is 246 g/mol. The molecule has 0 bridgehead atoms. The number of fused-ring (bicyclic) bond motifs is 1. The van der Waals surface area contributed by atoms with Crippen molar-refractivity contribution in [3.05, 3.63) is 18.2 Å². The molecule has 1 N–H and O–H groups in total. The zero-order valence-electron chi connectivity index (χ0n) is 10.8. The van der Waals surface area contributed by atoms with Crippen LogP contribution in [0.3, 0.4) is 0 Å². The highest BCUT2D eigenvalue weighted by molar-refractivity contribution is 5.73. The molecule has 19 heavy (non-hydrogen) atoms. The van der Waals surface area contributed by atoms with Crippen LogP contribution in [0.1, 0.15) is 6.42 Å². The summed E-state index contributed by atoms with van der Waals surface area (Å²) < 4.78 is 11.0. The van der Waals surface area contributed by atoms with Crippen LogP contribution in [-0.2, 0) is 4.79 Å². The van der Waals surface area contributed by atoms with Crippen molar-refractivity contribution in [2.45, 2.75) is 6.42 Å². The second kappa shape index (κ2) is 4.64. The number of rotatable bonds is 4. The van der Waals surface area contributed by atoms with Gasteiger partial charge in [0.25, 0.3) is 0 Å². The molecule has 0 radical (unpaired) electrons. The van der Waals surface area contributed by atoms with Gasteiger partial charge in [0.2, 0.25) is 0 Å². The number of carboxylic acid groups (broad SMARTS) is 1. The van der Waals surface area contributed by atoms with E-state index in [1.54, 1.807) is 0 Å². The molecule has 1 aliphatic carbocycles. The van der Waals surface area contributed by atoms with Gasteiger partial charge in [-0.15, -0.1) is 0 Å². The maximum Gasteiger partial charge on any atom is 0.306 e. The summed E-state index contributed by atoms with van der Waals surface area (Å²) >= 11 is 0. The van der Waals surface area contributed by atoms with Crippen molar-refractivity contribution in [3.63, 3.8) is 0 Å². The standard InChI is InChI=1S/C14H17NO4/c1-15(8-9-6-11(9)14(16)17)10-2-3-12-13(7-10)19-5-4-18-12/h2-3,7,9,11H,4-6,8H2,1H3,(H,16,17). The van der Waals surface area contributed by atoms with Crippen LogP contribution in [0.15, 0.2) is 18.2 Å². The maximum atomic E-state index is 10.8. The molecule has 2 aliphatic rings. The molecular formula is C14H17NO4. The molecule has 0 spiro atoms. The zero-order valence-corrected chi connectivity index (χ0v) is 10.8. The highest BCUT2D eigenvalue weighted by atomic mass is 16.6. The number of nitrogens with zero attached hydrogens (tertiary/aromatic N) is 1. The van der Waals surface area contributed by atoms with Gasteiger partial charge in [-0.25, -0.2) is 0 Å². The van der Waals surface area contributed by atoms with Crippen LogP contribution >= 0.6 is 0 Å². The fourth-order valence-electron chi connectivity index (χ4n) is 2.48. The Morgan fingerprint density at radius 3 is 2.79 bits per heavy atom. The first-order chi connectivity index (χ1) is 9.15. The number of ether oxygens (including phenoxy) is 2. The highest BCUT2D eigenvalue weighted by Gasteiger charge is 2.43. The SMILES string of the molecule is CN(CC1CC1C(=O)O)c1ccc2c(c1)OCCO2. The summed E-state index contributed by atoms with van der Waals surface area (Å²) in [5, 5.41) is 8.91. The van der Waals surface area contributed by atoms with Crippen molar-refractivity contribution in [1.29, 1.82) is 0 Å². The molecule has 5 nitrogen and oxygen atoms in total. The van der Waals surface area contributed by atoms with E-state index in [0.29, 0.717) is 13.2 Å². The van der Waals surface area contributed by atoms with Crippen molar-refractivity contribution in [3.8, 4) is 11.5 Å². The van der Waals surface area contributed by atoms with Crippen molar-refractivity contribution in [2.24, 2.45) is 11.8 Å². The molecule has 1 aromatic rings. The molecule has 0 amide bonds. The molecule has 102 valence electrons. The van der Waals surface area contributed by atoms with E-state index in [1.165, 1.54) is 0 Å². The summed E-state index contributed by atoms with van der Waals surface area (Å²) in [6, 6.07) is 5.83. The zero-order chi connectivity index (χ0) is 13.4. The Hall–Kier alpha value is -1.91. The van der Waals surface area contributed by atoms with Crippen molar-refractivity contribution < 1.29 is 19.4 Å². The number of hydrogen-bond acceptors (Lipinski definition) is 4. The Morgan fingerprint density at radius 2 is 2.11 bits per heavy atom. The molecule has 2 unspecified atom stereocenters. The summed E-state index contributed by atoms with van der Waals surface area (Å²) in [7, 11) is 1.97. The normalized spacial score (nSPS) is 23.8. The van der Waals surface area contributed by atoms with Gasteiger partial charge < -0.3 is 19.5 Å². The van der Waals surface area contributed by atoms with Gasteiger partial charge in [0, 0.05) is 25.3 Å². The third kappa shape index (κ3) is 2.45. The number of hydrogen-bond donors (Lipinski definition) is 1. The third-order valence-electron chi connectivity index (χ3n) is 3.71. The molecule has 0 saturated heterocycles.